The van der Waals surface area contributed by atoms with Crippen molar-refractivity contribution < 1.29 is 28.6 Å². The number of hydrogen-bond donors (Lipinski definition) is 2. The van der Waals surface area contributed by atoms with Gasteiger partial charge in [-0.15, -0.1) is 0 Å². The van der Waals surface area contributed by atoms with Crippen LogP contribution in [0.25, 0.3) is 0 Å². The van der Waals surface area contributed by atoms with E-state index in [2.05, 4.69) is 48.9 Å². The van der Waals surface area contributed by atoms with Crippen LogP contribution >= 0.6 is 15.9 Å². The third-order valence-electron chi connectivity index (χ3n) is 6.03. The van der Waals surface area contributed by atoms with Gasteiger partial charge in [-0.3, -0.25) is 4.79 Å². The van der Waals surface area contributed by atoms with Gasteiger partial charge in [-0.05, 0) is 75.0 Å². The third kappa shape index (κ3) is 4.52. The Hall–Kier alpha value is -2.45. The molecule has 0 radical (unpaired) electrons. The summed E-state index contributed by atoms with van der Waals surface area (Å²) in [6.07, 6.45) is 1.98. The van der Waals surface area contributed by atoms with Crippen LogP contribution in [-0.2, 0) is 15.6 Å². The molecule has 172 valence electrons. The first-order valence-electron chi connectivity index (χ1n) is 10.2. The summed E-state index contributed by atoms with van der Waals surface area (Å²) in [5.41, 5.74) is 1.91. The van der Waals surface area contributed by atoms with Crippen molar-refractivity contribution in [1.82, 2.24) is 0 Å². The minimum atomic E-state index is -1.40. The van der Waals surface area contributed by atoms with E-state index >= 15 is 0 Å². The quantitative estimate of drug-likeness (QED) is 0.477. The van der Waals surface area contributed by atoms with Crippen LogP contribution < -0.4 is 10.1 Å². The van der Waals surface area contributed by atoms with Gasteiger partial charge in [-0.2, -0.15) is 0 Å². The summed E-state index contributed by atoms with van der Waals surface area (Å²) in [4.78, 5) is 24.0. The number of carbonyl (C=O) groups is 2. The Morgan fingerprint density at radius 1 is 1.16 bits per heavy atom. The van der Waals surface area contributed by atoms with Crippen molar-refractivity contribution in [2.45, 2.75) is 51.4 Å². The molecule has 1 aliphatic rings. The van der Waals surface area contributed by atoms with E-state index in [1.54, 1.807) is 0 Å². The zero-order valence-corrected chi connectivity index (χ0v) is 20.4. The number of amides is 1. The Labute approximate surface area is 195 Å². The van der Waals surface area contributed by atoms with Crippen LogP contribution in [0, 0.1) is 5.82 Å². The number of carbonyl (C=O) groups excluding carboxylic acids is 1. The summed E-state index contributed by atoms with van der Waals surface area (Å²) in [5, 5.41) is 11.8. The number of nitrogens with one attached hydrogen (secondary N) is 1. The first kappa shape index (κ1) is 24.2. The van der Waals surface area contributed by atoms with E-state index in [9.17, 15) is 14.0 Å². The number of rotatable bonds is 6. The molecule has 1 aliphatic carbocycles. The standard InChI is InChI=1S/C24H27BrFNO5/c1-23(2)8-9-24(3,4)18-15(23)11-17(20(19(18)25)32-12-31-5)27-21(28)13-6-7-14(22(29)30)16(26)10-13/h6-7,10-11H,8-9,12H2,1-5H3,(H,27,28)(H,29,30). The summed E-state index contributed by atoms with van der Waals surface area (Å²) >= 11 is 3.70. The van der Waals surface area contributed by atoms with Crippen molar-refractivity contribution in [2.24, 2.45) is 0 Å². The molecule has 2 aromatic rings. The predicted octanol–water partition coefficient (Wildman–Crippen LogP) is 5.87. The van der Waals surface area contributed by atoms with Gasteiger partial charge in [-0.1, -0.05) is 27.7 Å². The van der Waals surface area contributed by atoms with Crippen molar-refractivity contribution >= 4 is 33.5 Å². The average molecular weight is 508 g/mol. The van der Waals surface area contributed by atoms with Crippen LogP contribution in [0.3, 0.4) is 0 Å². The molecule has 8 heteroatoms. The highest BCUT2D eigenvalue weighted by Crippen LogP contribution is 2.53. The Morgan fingerprint density at radius 2 is 1.81 bits per heavy atom. The van der Waals surface area contributed by atoms with Crippen molar-refractivity contribution in [2.75, 3.05) is 19.2 Å². The second kappa shape index (κ2) is 8.83. The van der Waals surface area contributed by atoms with Gasteiger partial charge in [0, 0.05) is 12.7 Å². The van der Waals surface area contributed by atoms with Gasteiger partial charge in [0.2, 0.25) is 0 Å². The average Bonchev–Trinajstić information content (AvgIpc) is 2.70. The maximum absolute atomic E-state index is 14.1. The molecule has 0 atom stereocenters. The third-order valence-corrected chi connectivity index (χ3v) is 6.79. The minimum Gasteiger partial charge on any atom is -0.478 e. The molecule has 2 aromatic carbocycles. The highest BCUT2D eigenvalue weighted by molar-refractivity contribution is 9.10. The molecule has 2 N–H and O–H groups in total. The summed E-state index contributed by atoms with van der Waals surface area (Å²) in [6, 6.07) is 5.17. The van der Waals surface area contributed by atoms with Crippen LogP contribution in [0.2, 0.25) is 0 Å². The van der Waals surface area contributed by atoms with E-state index < -0.39 is 23.3 Å². The number of methoxy groups -OCH3 is 1. The van der Waals surface area contributed by atoms with E-state index in [1.807, 2.05) is 6.07 Å². The normalized spacial score (nSPS) is 16.2. The summed E-state index contributed by atoms with van der Waals surface area (Å²) in [6.45, 7) is 8.66. The summed E-state index contributed by atoms with van der Waals surface area (Å²) in [7, 11) is 1.50. The number of hydrogen-bond acceptors (Lipinski definition) is 4. The topological polar surface area (TPSA) is 84.9 Å². The van der Waals surface area contributed by atoms with Gasteiger partial charge >= 0.3 is 5.97 Å². The number of aromatic carboxylic acids is 1. The van der Waals surface area contributed by atoms with E-state index in [-0.39, 0.29) is 23.2 Å². The van der Waals surface area contributed by atoms with Gasteiger partial charge in [0.1, 0.15) is 5.82 Å². The fourth-order valence-corrected chi connectivity index (χ4v) is 5.17. The number of carboxylic acids is 1. The summed E-state index contributed by atoms with van der Waals surface area (Å²) < 4.78 is 25.7. The molecule has 0 fully saturated rings. The van der Waals surface area contributed by atoms with Crippen LogP contribution in [0.15, 0.2) is 28.7 Å². The van der Waals surface area contributed by atoms with E-state index in [1.165, 1.54) is 13.2 Å². The maximum atomic E-state index is 14.1. The fraction of sp³-hybridized carbons (Fsp3) is 0.417. The van der Waals surface area contributed by atoms with Gasteiger partial charge in [0.05, 0.1) is 15.7 Å². The number of halogens is 2. The Balaban J connectivity index is 2.09. The highest BCUT2D eigenvalue weighted by Gasteiger charge is 2.40. The predicted molar refractivity (Wildman–Crippen MR) is 123 cm³/mol. The molecule has 0 saturated carbocycles. The van der Waals surface area contributed by atoms with Gasteiger partial charge in [0.15, 0.2) is 12.5 Å². The molecule has 0 aromatic heterocycles. The van der Waals surface area contributed by atoms with E-state index in [0.29, 0.717) is 11.4 Å². The van der Waals surface area contributed by atoms with Crippen LogP contribution in [0.1, 0.15) is 72.4 Å². The maximum Gasteiger partial charge on any atom is 0.338 e. The molecular formula is C24H27BrFNO5. The number of anilines is 1. The van der Waals surface area contributed by atoms with E-state index in [0.717, 1.165) is 40.6 Å². The van der Waals surface area contributed by atoms with Crippen molar-refractivity contribution in [3.63, 3.8) is 0 Å². The second-order valence-electron chi connectivity index (χ2n) is 9.26. The SMILES string of the molecule is COCOc1c(NC(=O)c2ccc(C(=O)O)c(F)c2)cc2c(c1Br)C(C)(C)CCC2(C)C. The molecule has 32 heavy (non-hydrogen) atoms. The first-order valence-corrected chi connectivity index (χ1v) is 11.0. The lowest BCUT2D eigenvalue weighted by atomic mass is 9.63. The molecule has 3 rings (SSSR count). The highest BCUT2D eigenvalue weighted by atomic mass is 79.9. The fourth-order valence-electron chi connectivity index (χ4n) is 4.09. The number of carboxylic acid groups (broad SMARTS) is 1. The summed E-state index contributed by atoms with van der Waals surface area (Å²) in [5.74, 6) is -2.53. The lowest BCUT2D eigenvalue weighted by molar-refractivity contribution is 0.0508. The van der Waals surface area contributed by atoms with Gasteiger partial charge in [0.25, 0.3) is 5.91 Å². The molecule has 0 bridgehead atoms. The molecule has 0 unspecified atom stereocenters. The second-order valence-corrected chi connectivity index (χ2v) is 10.1. The lowest BCUT2D eigenvalue weighted by Crippen LogP contribution is -2.34. The molecule has 0 saturated heterocycles. The lowest BCUT2D eigenvalue weighted by Gasteiger charge is -2.43. The Bertz CT molecular complexity index is 1080. The minimum absolute atomic E-state index is 0.00127. The molecule has 0 spiro atoms. The van der Waals surface area contributed by atoms with Crippen molar-refractivity contribution in [3.8, 4) is 5.75 Å². The monoisotopic (exact) mass is 507 g/mol. The number of fused-ring (bicyclic) bond motifs is 1. The molecule has 0 heterocycles. The molecular weight excluding hydrogens is 481 g/mol. The molecule has 1 amide bonds. The molecule has 6 nitrogen and oxygen atoms in total. The van der Waals surface area contributed by atoms with Crippen molar-refractivity contribution in [1.29, 1.82) is 0 Å². The van der Waals surface area contributed by atoms with Gasteiger partial charge in [-0.25, -0.2) is 9.18 Å². The zero-order chi connectivity index (χ0) is 23.8. The molecule has 0 aliphatic heterocycles. The first-order chi connectivity index (χ1) is 14.9. The Kier molecular flexibility index (Phi) is 6.67. The number of ether oxygens (including phenoxy) is 2. The number of benzene rings is 2. The van der Waals surface area contributed by atoms with Crippen LogP contribution in [-0.4, -0.2) is 30.9 Å². The zero-order valence-electron chi connectivity index (χ0n) is 18.8. The van der Waals surface area contributed by atoms with E-state index in [4.69, 9.17) is 14.6 Å². The van der Waals surface area contributed by atoms with Crippen molar-refractivity contribution in [3.05, 3.63) is 56.8 Å². The van der Waals surface area contributed by atoms with Crippen LogP contribution in [0.4, 0.5) is 10.1 Å². The van der Waals surface area contributed by atoms with Crippen LogP contribution in [0.5, 0.6) is 5.75 Å². The largest absolute Gasteiger partial charge is 0.478 e. The van der Waals surface area contributed by atoms with Gasteiger partial charge < -0.3 is 19.9 Å². The Morgan fingerprint density at radius 3 is 2.41 bits per heavy atom. The smallest absolute Gasteiger partial charge is 0.338 e.